The van der Waals surface area contributed by atoms with Gasteiger partial charge in [0.25, 0.3) is 5.56 Å². The Hall–Kier alpha value is -2.74. The largest absolute Gasteiger partial charge is 0.444 e. The molecule has 4 heterocycles. The first-order valence-electron chi connectivity index (χ1n) is 10.5. The summed E-state index contributed by atoms with van der Waals surface area (Å²) < 4.78 is 5.58. The smallest absolute Gasteiger partial charge is 0.410 e. The molecule has 2 aliphatic rings. The van der Waals surface area contributed by atoms with Crippen LogP contribution in [0, 0.1) is 0 Å². The van der Waals surface area contributed by atoms with Gasteiger partial charge >= 0.3 is 6.09 Å². The van der Waals surface area contributed by atoms with Crippen LogP contribution in [0.2, 0.25) is 0 Å². The zero-order valence-electron chi connectivity index (χ0n) is 17.9. The van der Waals surface area contributed by atoms with Gasteiger partial charge in [0.05, 0.1) is 5.69 Å². The van der Waals surface area contributed by atoms with Gasteiger partial charge in [0.15, 0.2) is 0 Å². The first-order chi connectivity index (χ1) is 14.3. The SMILES string of the molecule is CC(C)(C)OC(=O)N1CCCC1CN1CCc2c(nc(-c3ccncc3)[nH]c2=O)C1. The Morgan fingerprint density at radius 2 is 2.03 bits per heavy atom. The van der Waals surface area contributed by atoms with Crippen LogP contribution in [0.3, 0.4) is 0 Å². The first kappa shape index (κ1) is 20.5. The third-order valence-corrected chi connectivity index (χ3v) is 5.58. The van der Waals surface area contributed by atoms with E-state index in [1.54, 1.807) is 12.4 Å². The van der Waals surface area contributed by atoms with Crippen LogP contribution >= 0.6 is 0 Å². The molecule has 0 bridgehead atoms. The van der Waals surface area contributed by atoms with Crippen molar-refractivity contribution in [2.75, 3.05) is 19.6 Å². The van der Waals surface area contributed by atoms with Crippen molar-refractivity contribution in [1.29, 1.82) is 0 Å². The van der Waals surface area contributed by atoms with Crippen LogP contribution in [-0.4, -0.2) is 62.1 Å². The number of aromatic nitrogens is 3. The monoisotopic (exact) mass is 411 g/mol. The molecule has 2 aliphatic heterocycles. The van der Waals surface area contributed by atoms with Crippen LogP contribution in [0.4, 0.5) is 4.79 Å². The number of hydrogen-bond acceptors (Lipinski definition) is 6. The molecule has 8 heteroatoms. The summed E-state index contributed by atoms with van der Waals surface area (Å²) in [5.41, 5.74) is 1.86. The Bertz CT molecular complexity index is 967. The summed E-state index contributed by atoms with van der Waals surface area (Å²) in [5, 5.41) is 0. The van der Waals surface area contributed by atoms with Gasteiger partial charge in [-0.05, 0) is 52.2 Å². The summed E-state index contributed by atoms with van der Waals surface area (Å²) in [6.07, 6.45) is 5.75. The van der Waals surface area contributed by atoms with E-state index in [1.807, 2.05) is 37.8 Å². The molecule has 30 heavy (non-hydrogen) atoms. The van der Waals surface area contributed by atoms with Gasteiger partial charge in [0.1, 0.15) is 11.4 Å². The number of aromatic amines is 1. The number of rotatable bonds is 3. The Morgan fingerprint density at radius 1 is 1.27 bits per heavy atom. The average molecular weight is 412 g/mol. The molecule has 0 aliphatic carbocycles. The molecule has 0 radical (unpaired) electrons. The molecule has 1 atom stereocenters. The predicted octanol–water partition coefficient (Wildman–Crippen LogP) is 2.59. The van der Waals surface area contributed by atoms with Crippen LogP contribution in [-0.2, 0) is 17.7 Å². The minimum Gasteiger partial charge on any atom is -0.444 e. The second-order valence-corrected chi connectivity index (χ2v) is 9.03. The number of amides is 1. The second-order valence-electron chi connectivity index (χ2n) is 9.03. The maximum Gasteiger partial charge on any atom is 0.410 e. The summed E-state index contributed by atoms with van der Waals surface area (Å²) in [6, 6.07) is 3.80. The third-order valence-electron chi connectivity index (χ3n) is 5.58. The van der Waals surface area contributed by atoms with E-state index < -0.39 is 5.60 Å². The van der Waals surface area contributed by atoms with E-state index in [0.29, 0.717) is 18.8 Å². The van der Waals surface area contributed by atoms with Gasteiger partial charge < -0.3 is 14.6 Å². The number of ether oxygens (including phenoxy) is 1. The fourth-order valence-electron chi connectivity index (χ4n) is 4.18. The van der Waals surface area contributed by atoms with E-state index in [1.165, 1.54) is 0 Å². The predicted molar refractivity (Wildman–Crippen MR) is 113 cm³/mol. The number of carbonyl (C=O) groups excluding carboxylic acids is 1. The minimum atomic E-state index is -0.497. The second kappa shape index (κ2) is 8.18. The normalized spacial score (nSPS) is 19.6. The number of nitrogens with zero attached hydrogens (tertiary/aromatic N) is 4. The molecule has 8 nitrogen and oxygen atoms in total. The fourth-order valence-corrected chi connectivity index (χ4v) is 4.18. The molecule has 1 unspecified atom stereocenters. The van der Waals surface area contributed by atoms with Crippen molar-refractivity contribution in [2.45, 2.75) is 58.2 Å². The van der Waals surface area contributed by atoms with E-state index in [2.05, 4.69) is 14.9 Å². The van der Waals surface area contributed by atoms with Crippen LogP contribution in [0.15, 0.2) is 29.3 Å². The lowest BCUT2D eigenvalue weighted by Gasteiger charge is -2.34. The third kappa shape index (κ3) is 4.53. The lowest BCUT2D eigenvalue weighted by Crippen LogP contribution is -2.46. The Morgan fingerprint density at radius 3 is 2.77 bits per heavy atom. The quantitative estimate of drug-likeness (QED) is 0.835. The molecule has 0 saturated carbocycles. The van der Waals surface area contributed by atoms with Crippen molar-refractivity contribution in [3.63, 3.8) is 0 Å². The Kier molecular flexibility index (Phi) is 5.60. The lowest BCUT2D eigenvalue weighted by molar-refractivity contribution is 0.0191. The zero-order chi connectivity index (χ0) is 21.3. The number of nitrogens with one attached hydrogen (secondary N) is 1. The van der Waals surface area contributed by atoms with Gasteiger partial charge in [0.2, 0.25) is 0 Å². The molecule has 0 aromatic carbocycles. The molecule has 2 aromatic rings. The molecular formula is C22H29N5O3. The van der Waals surface area contributed by atoms with E-state index in [-0.39, 0.29) is 17.7 Å². The van der Waals surface area contributed by atoms with Crippen LogP contribution < -0.4 is 5.56 Å². The van der Waals surface area contributed by atoms with Gasteiger partial charge in [-0.1, -0.05) is 0 Å². The number of pyridine rings is 1. The van der Waals surface area contributed by atoms with Crippen molar-refractivity contribution >= 4 is 6.09 Å². The van der Waals surface area contributed by atoms with E-state index in [4.69, 9.17) is 9.72 Å². The molecule has 1 fully saturated rings. The van der Waals surface area contributed by atoms with Gasteiger partial charge in [-0.2, -0.15) is 0 Å². The van der Waals surface area contributed by atoms with Crippen LogP contribution in [0.1, 0.15) is 44.9 Å². The van der Waals surface area contributed by atoms with Crippen molar-refractivity contribution in [3.05, 3.63) is 46.1 Å². The van der Waals surface area contributed by atoms with Crippen LogP contribution in [0.25, 0.3) is 11.4 Å². The topological polar surface area (TPSA) is 91.4 Å². The zero-order valence-corrected chi connectivity index (χ0v) is 17.9. The standard InChI is InChI=1S/C22H29N5O3/c1-22(2,3)30-21(29)27-11-4-5-16(27)13-26-12-8-17-18(14-26)24-19(25-20(17)28)15-6-9-23-10-7-15/h6-7,9-10,16H,4-5,8,11-14H2,1-3H3,(H,24,25,28). The molecule has 4 rings (SSSR count). The molecular weight excluding hydrogens is 382 g/mol. The van der Waals surface area contributed by atoms with Gasteiger partial charge in [-0.15, -0.1) is 0 Å². The molecule has 1 saturated heterocycles. The van der Waals surface area contributed by atoms with Crippen molar-refractivity contribution in [3.8, 4) is 11.4 Å². The Balaban J connectivity index is 1.48. The average Bonchev–Trinajstić information content (AvgIpc) is 3.15. The van der Waals surface area contributed by atoms with E-state index in [9.17, 15) is 9.59 Å². The minimum absolute atomic E-state index is 0.0669. The van der Waals surface area contributed by atoms with Gasteiger partial charge in [-0.3, -0.25) is 14.7 Å². The molecule has 1 amide bonds. The maximum absolute atomic E-state index is 12.6. The highest BCUT2D eigenvalue weighted by molar-refractivity contribution is 5.69. The van der Waals surface area contributed by atoms with Crippen molar-refractivity contribution in [1.82, 2.24) is 24.8 Å². The lowest BCUT2D eigenvalue weighted by atomic mass is 10.0. The van der Waals surface area contributed by atoms with Gasteiger partial charge in [-0.25, -0.2) is 9.78 Å². The molecule has 2 aromatic heterocycles. The highest BCUT2D eigenvalue weighted by Gasteiger charge is 2.34. The number of fused-ring (bicyclic) bond motifs is 1. The molecule has 0 spiro atoms. The van der Waals surface area contributed by atoms with E-state index >= 15 is 0 Å². The Labute approximate surface area is 176 Å². The van der Waals surface area contributed by atoms with Crippen molar-refractivity contribution in [2.24, 2.45) is 0 Å². The first-order valence-corrected chi connectivity index (χ1v) is 10.5. The van der Waals surface area contributed by atoms with E-state index in [0.717, 1.165) is 49.3 Å². The number of likely N-dealkylation sites (tertiary alicyclic amines) is 1. The molecule has 1 N–H and O–H groups in total. The number of H-pyrrole nitrogens is 1. The summed E-state index contributed by atoms with van der Waals surface area (Å²) >= 11 is 0. The number of hydrogen-bond donors (Lipinski definition) is 1. The van der Waals surface area contributed by atoms with Gasteiger partial charge in [0, 0.05) is 55.7 Å². The summed E-state index contributed by atoms with van der Waals surface area (Å²) in [6.45, 7) is 8.55. The fraction of sp³-hybridized carbons (Fsp3) is 0.545. The molecule has 160 valence electrons. The summed E-state index contributed by atoms with van der Waals surface area (Å²) in [4.78, 5) is 41.0. The van der Waals surface area contributed by atoms with Crippen LogP contribution in [0.5, 0.6) is 0 Å². The highest BCUT2D eigenvalue weighted by Crippen LogP contribution is 2.24. The highest BCUT2D eigenvalue weighted by atomic mass is 16.6. The number of carbonyl (C=O) groups is 1. The summed E-state index contributed by atoms with van der Waals surface area (Å²) in [7, 11) is 0. The maximum atomic E-state index is 12.6. The summed E-state index contributed by atoms with van der Waals surface area (Å²) in [5.74, 6) is 0.569. The van der Waals surface area contributed by atoms with Crippen molar-refractivity contribution < 1.29 is 9.53 Å².